The minimum absolute atomic E-state index is 0. The van der Waals surface area contributed by atoms with E-state index >= 15 is 0 Å². The quantitative estimate of drug-likeness (QED) is 0.233. The van der Waals surface area contributed by atoms with E-state index in [4.69, 9.17) is 14.9 Å². The van der Waals surface area contributed by atoms with Gasteiger partial charge in [0, 0.05) is 19.2 Å². The number of ether oxygens (including phenoxy) is 1. The lowest BCUT2D eigenvalue weighted by molar-refractivity contribution is 0.105. The molecule has 22 heavy (non-hydrogen) atoms. The molecule has 0 spiro atoms. The molecule has 0 atom stereocenters. The van der Waals surface area contributed by atoms with Crippen molar-refractivity contribution < 1.29 is 9.15 Å². The zero-order valence-electron chi connectivity index (χ0n) is 13.1. The van der Waals surface area contributed by atoms with Crippen molar-refractivity contribution in [2.45, 2.75) is 57.6 Å². The lowest BCUT2D eigenvalue weighted by Crippen LogP contribution is -2.39. The maximum absolute atomic E-state index is 5.93. The van der Waals surface area contributed by atoms with E-state index in [-0.39, 0.29) is 24.0 Å². The Labute approximate surface area is 150 Å². The van der Waals surface area contributed by atoms with Crippen LogP contribution in [0.15, 0.2) is 27.8 Å². The molecule has 0 amide bonds. The third kappa shape index (κ3) is 8.03. The summed E-state index contributed by atoms with van der Waals surface area (Å²) in [5, 5.41) is 3.34. The molecule has 1 aliphatic rings. The Morgan fingerprint density at radius 3 is 2.77 bits per heavy atom. The Balaban J connectivity index is 0.00000242. The first kappa shape index (κ1) is 19.3. The van der Waals surface area contributed by atoms with Crippen LogP contribution in [0.1, 0.15) is 50.7 Å². The number of hydrogen-bond donors (Lipinski definition) is 2. The molecule has 0 saturated heterocycles. The largest absolute Gasteiger partial charge is 0.467 e. The van der Waals surface area contributed by atoms with E-state index in [0.717, 1.165) is 12.2 Å². The number of rotatable bonds is 7. The fraction of sp³-hybridized carbons (Fsp3) is 0.688. The highest BCUT2D eigenvalue weighted by Crippen LogP contribution is 2.16. The van der Waals surface area contributed by atoms with Gasteiger partial charge < -0.3 is 20.2 Å². The van der Waals surface area contributed by atoms with Gasteiger partial charge in [-0.25, -0.2) is 0 Å². The number of nitrogens with two attached hydrogens (primary N) is 1. The van der Waals surface area contributed by atoms with Gasteiger partial charge in [0.1, 0.15) is 12.4 Å². The maximum Gasteiger partial charge on any atom is 0.188 e. The van der Waals surface area contributed by atoms with E-state index in [0.29, 0.717) is 31.8 Å². The average molecular weight is 421 g/mol. The fourth-order valence-corrected chi connectivity index (χ4v) is 2.61. The molecule has 5 nitrogen and oxygen atoms in total. The van der Waals surface area contributed by atoms with Crippen LogP contribution in [0.25, 0.3) is 0 Å². The first-order chi connectivity index (χ1) is 10.3. The van der Waals surface area contributed by atoms with Crippen LogP contribution in [0, 0.1) is 0 Å². The standard InChI is InChI=1S/C16H27N3O2.HI/c17-16(19-14-7-3-1-2-4-8-14)18-10-6-11-20-13-15-9-5-12-21-15;/h5,9,12,14H,1-4,6-8,10-11,13H2,(H3,17,18,19);1H. The molecule has 1 aromatic rings. The first-order valence-electron chi connectivity index (χ1n) is 8.01. The molecule has 6 heteroatoms. The molecule has 2 rings (SSSR count). The molecule has 1 aromatic heterocycles. The van der Waals surface area contributed by atoms with E-state index in [2.05, 4.69) is 10.3 Å². The van der Waals surface area contributed by atoms with Gasteiger partial charge in [0.15, 0.2) is 5.96 Å². The monoisotopic (exact) mass is 421 g/mol. The molecule has 0 aliphatic heterocycles. The van der Waals surface area contributed by atoms with Crippen molar-refractivity contribution >= 4 is 29.9 Å². The minimum atomic E-state index is 0. The third-order valence-corrected chi connectivity index (χ3v) is 3.76. The van der Waals surface area contributed by atoms with Crippen LogP contribution < -0.4 is 11.1 Å². The summed E-state index contributed by atoms with van der Waals surface area (Å²) in [6, 6.07) is 4.28. The van der Waals surface area contributed by atoms with Gasteiger partial charge in [0.2, 0.25) is 0 Å². The molecular formula is C16H28IN3O2. The van der Waals surface area contributed by atoms with Crippen LogP contribution in [0.5, 0.6) is 0 Å². The third-order valence-electron chi connectivity index (χ3n) is 3.76. The highest BCUT2D eigenvalue weighted by atomic mass is 127. The SMILES string of the molecule is I.NC(=NCCCOCc1ccco1)NC1CCCCCC1. The zero-order chi connectivity index (χ0) is 14.8. The first-order valence-corrected chi connectivity index (χ1v) is 8.01. The van der Waals surface area contributed by atoms with Gasteiger partial charge in [-0.05, 0) is 31.4 Å². The van der Waals surface area contributed by atoms with Crippen LogP contribution in [-0.2, 0) is 11.3 Å². The summed E-state index contributed by atoms with van der Waals surface area (Å²) >= 11 is 0. The summed E-state index contributed by atoms with van der Waals surface area (Å²) < 4.78 is 10.7. The van der Waals surface area contributed by atoms with Crippen molar-refractivity contribution in [2.24, 2.45) is 10.7 Å². The molecular weight excluding hydrogens is 393 g/mol. The van der Waals surface area contributed by atoms with Gasteiger partial charge in [-0.15, -0.1) is 24.0 Å². The number of guanidine groups is 1. The second-order valence-corrected chi connectivity index (χ2v) is 5.59. The van der Waals surface area contributed by atoms with Gasteiger partial charge in [-0.1, -0.05) is 25.7 Å². The molecule has 1 heterocycles. The summed E-state index contributed by atoms with van der Waals surface area (Å²) in [4.78, 5) is 4.36. The second-order valence-electron chi connectivity index (χ2n) is 5.59. The topological polar surface area (TPSA) is 72.8 Å². The van der Waals surface area contributed by atoms with Gasteiger partial charge in [0.05, 0.1) is 6.26 Å². The molecule has 1 aliphatic carbocycles. The maximum atomic E-state index is 5.93. The van der Waals surface area contributed by atoms with Crippen molar-refractivity contribution in [3.8, 4) is 0 Å². The fourth-order valence-electron chi connectivity index (χ4n) is 2.61. The lowest BCUT2D eigenvalue weighted by atomic mass is 10.1. The molecule has 126 valence electrons. The number of hydrogen-bond acceptors (Lipinski definition) is 3. The lowest BCUT2D eigenvalue weighted by Gasteiger charge is -2.16. The molecule has 0 aromatic carbocycles. The van der Waals surface area contributed by atoms with Gasteiger partial charge >= 0.3 is 0 Å². The van der Waals surface area contributed by atoms with Crippen LogP contribution in [0.2, 0.25) is 0 Å². The Morgan fingerprint density at radius 2 is 2.09 bits per heavy atom. The average Bonchev–Trinajstić information content (AvgIpc) is 2.87. The Hall–Kier alpha value is -0.760. The highest BCUT2D eigenvalue weighted by molar-refractivity contribution is 14.0. The molecule has 0 unspecified atom stereocenters. The molecule has 1 fully saturated rings. The van der Waals surface area contributed by atoms with E-state index < -0.39 is 0 Å². The van der Waals surface area contributed by atoms with Crippen LogP contribution in [-0.4, -0.2) is 25.2 Å². The zero-order valence-corrected chi connectivity index (χ0v) is 15.5. The van der Waals surface area contributed by atoms with Gasteiger partial charge in [-0.2, -0.15) is 0 Å². The minimum Gasteiger partial charge on any atom is -0.467 e. The smallest absolute Gasteiger partial charge is 0.188 e. The summed E-state index contributed by atoms with van der Waals surface area (Å²) in [7, 11) is 0. The van der Waals surface area contributed by atoms with Crippen molar-refractivity contribution in [3.63, 3.8) is 0 Å². The van der Waals surface area contributed by atoms with Crippen LogP contribution >= 0.6 is 24.0 Å². The molecule has 0 radical (unpaired) electrons. The van der Waals surface area contributed by atoms with Gasteiger partial charge in [-0.3, -0.25) is 4.99 Å². The Bertz CT molecular complexity index is 402. The predicted octanol–water partition coefficient (Wildman–Crippen LogP) is 3.43. The van der Waals surface area contributed by atoms with Crippen molar-refractivity contribution in [1.29, 1.82) is 0 Å². The second kappa shape index (κ2) is 11.8. The van der Waals surface area contributed by atoms with Crippen molar-refractivity contribution in [3.05, 3.63) is 24.2 Å². The number of nitrogens with zero attached hydrogens (tertiary/aromatic N) is 1. The number of halogens is 1. The van der Waals surface area contributed by atoms with Crippen molar-refractivity contribution in [1.82, 2.24) is 5.32 Å². The normalized spacial score (nSPS) is 16.8. The van der Waals surface area contributed by atoms with Crippen molar-refractivity contribution in [2.75, 3.05) is 13.2 Å². The Kier molecular flexibility index (Phi) is 10.3. The summed E-state index contributed by atoms with van der Waals surface area (Å²) in [6.07, 6.45) is 10.2. The summed E-state index contributed by atoms with van der Waals surface area (Å²) in [6.45, 7) is 1.89. The highest BCUT2D eigenvalue weighted by Gasteiger charge is 2.11. The van der Waals surface area contributed by atoms with E-state index in [9.17, 15) is 0 Å². The summed E-state index contributed by atoms with van der Waals surface area (Å²) in [5.74, 6) is 1.43. The number of furan rings is 1. The van der Waals surface area contributed by atoms with E-state index in [1.807, 2.05) is 12.1 Å². The molecule has 0 bridgehead atoms. The molecule has 1 saturated carbocycles. The predicted molar refractivity (Wildman–Crippen MR) is 99.5 cm³/mol. The van der Waals surface area contributed by atoms with E-state index in [1.54, 1.807) is 6.26 Å². The summed E-state index contributed by atoms with van der Waals surface area (Å²) in [5.41, 5.74) is 5.93. The van der Waals surface area contributed by atoms with Crippen LogP contribution in [0.3, 0.4) is 0 Å². The van der Waals surface area contributed by atoms with Gasteiger partial charge in [0.25, 0.3) is 0 Å². The van der Waals surface area contributed by atoms with E-state index in [1.165, 1.54) is 38.5 Å². The number of nitrogens with one attached hydrogen (secondary N) is 1. The Morgan fingerprint density at radius 1 is 1.32 bits per heavy atom. The molecule has 3 N–H and O–H groups in total. The number of aliphatic imine (C=N–C) groups is 1. The van der Waals surface area contributed by atoms with Crippen LogP contribution in [0.4, 0.5) is 0 Å².